The lowest BCUT2D eigenvalue weighted by Crippen LogP contribution is -2.25. The van der Waals surface area contributed by atoms with Crippen LogP contribution in [-0.4, -0.2) is 19.0 Å². The minimum atomic E-state index is -1.85. The SMILES string of the molecule is Cn1c(=O)n(SC(Cl)(Cl)Cl)n(SC(Cl)(Cl)Cl)c1=O. The summed E-state index contributed by atoms with van der Waals surface area (Å²) in [6, 6.07) is 0. The molecule has 0 aliphatic carbocycles. The van der Waals surface area contributed by atoms with Crippen molar-refractivity contribution in [1.29, 1.82) is 0 Å². The Hall–Kier alpha value is 1.18. The Morgan fingerprint density at radius 3 is 1.33 bits per heavy atom. The Kier molecular flexibility index (Phi) is 5.64. The van der Waals surface area contributed by atoms with Crippen LogP contribution < -0.4 is 11.4 Å². The first-order valence-electron chi connectivity index (χ1n) is 3.86. The summed E-state index contributed by atoms with van der Waals surface area (Å²) >= 11 is 34.2. The van der Waals surface area contributed by atoms with Crippen LogP contribution in [0.25, 0.3) is 0 Å². The molecule has 0 radical (unpaired) electrons. The van der Waals surface area contributed by atoms with Gasteiger partial charge in [0.1, 0.15) is 0 Å². The molecular formula is C5H3Cl6N3O2S2. The first-order valence-corrected chi connectivity index (χ1v) is 7.67. The first kappa shape index (κ1) is 17.2. The van der Waals surface area contributed by atoms with Crippen LogP contribution in [0.3, 0.4) is 0 Å². The standard InChI is InChI=1S/C5H3Cl6N3O2S2/c1-12-2(15)13(17-4(6,7)8)14(3(12)16)18-5(9,10)11/h1H3. The predicted molar refractivity (Wildman–Crippen MR) is 80.5 cm³/mol. The molecule has 0 N–H and O–H groups in total. The van der Waals surface area contributed by atoms with E-state index in [1.54, 1.807) is 0 Å². The second kappa shape index (κ2) is 5.89. The zero-order valence-electron chi connectivity index (χ0n) is 8.24. The minimum Gasteiger partial charge on any atom is -0.245 e. The lowest BCUT2D eigenvalue weighted by atomic mass is 11.0. The molecule has 13 heteroatoms. The number of hydrogen-bond donors (Lipinski definition) is 0. The third kappa shape index (κ3) is 4.63. The van der Waals surface area contributed by atoms with E-state index in [1.807, 2.05) is 0 Å². The lowest BCUT2D eigenvalue weighted by Gasteiger charge is -2.14. The number of rotatable bonds is 2. The van der Waals surface area contributed by atoms with E-state index in [4.69, 9.17) is 69.6 Å². The van der Waals surface area contributed by atoms with Crippen molar-refractivity contribution < 1.29 is 0 Å². The van der Waals surface area contributed by atoms with Gasteiger partial charge in [0.25, 0.3) is 6.25 Å². The van der Waals surface area contributed by atoms with Crippen molar-refractivity contribution in [2.24, 2.45) is 7.05 Å². The summed E-state index contributed by atoms with van der Waals surface area (Å²) in [5.41, 5.74) is -1.45. The van der Waals surface area contributed by atoms with Crippen LogP contribution in [0.15, 0.2) is 9.59 Å². The highest BCUT2D eigenvalue weighted by molar-refractivity contribution is 8.05. The summed E-state index contributed by atoms with van der Waals surface area (Å²) in [6.45, 7) is 0. The molecule has 0 amide bonds. The maximum Gasteiger partial charge on any atom is 0.358 e. The van der Waals surface area contributed by atoms with E-state index in [1.165, 1.54) is 7.05 Å². The van der Waals surface area contributed by atoms with Gasteiger partial charge < -0.3 is 0 Å². The van der Waals surface area contributed by atoms with Gasteiger partial charge in [0.2, 0.25) is 0 Å². The van der Waals surface area contributed by atoms with Crippen LogP contribution in [0.1, 0.15) is 0 Å². The summed E-state index contributed by atoms with van der Waals surface area (Å²) < 4.78 is -1.34. The fraction of sp³-hybridized carbons (Fsp3) is 0.600. The van der Waals surface area contributed by atoms with Gasteiger partial charge in [-0.25, -0.2) is 14.2 Å². The summed E-state index contributed by atoms with van der Waals surface area (Å²) in [4.78, 5) is 23.5. The molecule has 0 aliphatic rings. The first-order chi connectivity index (χ1) is 7.92. The van der Waals surface area contributed by atoms with E-state index in [0.717, 1.165) is 12.7 Å². The van der Waals surface area contributed by atoms with Gasteiger partial charge in [-0.3, -0.25) is 0 Å². The largest absolute Gasteiger partial charge is 0.358 e. The Morgan fingerprint density at radius 2 is 1.11 bits per heavy atom. The van der Waals surface area contributed by atoms with E-state index < -0.39 is 17.6 Å². The summed E-state index contributed by atoms with van der Waals surface area (Å²) in [6.07, 6.45) is 0. The molecule has 0 atom stereocenters. The van der Waals surface area contributed by atoms with Crippen molar-refractivity contribution in [3.8, 4) is 0 Å². The van der Waals surface area contributed by atoms with Crippen LogP contribution in [0.5, 0.6) is 0 Å². The van der Waals surface area contributed by atoms with E-state index in [-0.39, 0.29) is 0 Å². The molecule has 18 heavy (non-hydrogen) atoms. The molecule has 1 rings (SSSR count). The molecule has 0 saturated carbocycles. The van der Waals surface area contributed by atoms with Gasteiger partial charge in [0.15, 0.2) is 0 Å². The zero-order valence-corrected chi connectivity index (χ0v) is 14.4. The fourth-order valence-corrected chi connectivity index (χ4v) is 3.30. The van der Waals surface area contributed by atoms with Crippen molar-refractivity contribution >= 4 is 93.5 Å². The van der Waals surface area contributed by atoms with E-state index >= 15 is 0 Å². The molecule has 0 aromatic carbocycles. The molecule has 104 valence electrons. The van der Waals surface area contributed by atoms with Gasteiger partial charge in [-0.15, -0.1) is 0 Å². The Morgan fingerprint density at radius 1 is 0.833 bits per heavy atom. The molecule has 0 bridgehead atoms. The van der Waals surface area contributed by atoms with Crippen LogP contribution in [0, 0.1) is 0 Å². The smallest absolute Gasteiger partial charge is 0.245 e. The van der Waals surface area contributed by atoms with Gasteiger partial charge >= 0.3 is 11.4 Å². The van der Waals surface area contributed by atoms with Gasteiger partial charge in [-0.1, -0.05) is 69.6 Å². The van der Waals surface area contributed by atoms with Crippen LogP contribution in [0.2, 0.25) is 0 Å². The van der Waals surface area contributed by atoms with Crippen LogP contribution >= 0.6 is 93.5 Å². The maximum absolute atomic E-state index is 11.7. The Labute approximate surface area is 139 Å². The number of alkyl halides is 6. The van der Waals surface area contributed by atoms with E-state index in [2.05, 4.69) is 0 Å². The van der Waals surface area contributed by atoms with E-state index in [0.29, 0.717) is 23.9 Å². The maximum atomic E-state index is 11.7. The van der Waals surface area contributed by atoms with Crippen molar-refractivity contribution in [3.05, 3.63) is 21.0 Å². The summed E-state index contributed by atoms with van der Waals surface area (Å²) in [7, 11) is 1.25. The topological polar surface area (TPSA) is 48.9 Å². The number of hydrogen-bond acceptors (Lipinski definition) is 4. The van der Waals surface area contributed by atoms with Gasteiger partial charge in [0, 0.05) is 30.9 Å². The second-order valence-electron chi connectivity index (χ2n) is 2.74. The fourth-order valence-electron chi connectivity index (χ4n) is 0.842. The average Bonchev–Trinajstić information content (AvgIpc) is 2.31. The molecule has 0 unspecified atom stereocenters. The lowest BCUT2D eigenvalue weighted by molar-refractivity contribution is 0.821. The molecule has 0 fully saturated rings. The quantitative estimate of drug-likeness (QED) is 0.699. The third-order valence-electron chi connectivity index (χ3n) is 1.45. The molecule has 1 heterocycles. The molecule has 0 aliphatic heterocycles. The highest BCUT2D eigenvalue weighted by atomic mass is 35.6. The summed E-state index contributed by atoms with van der Waals surface area (Å²) in [5, 5.41) is 0. The zero-order chi connectivity index (χ0) is 14.3. The highest BCUT2D eigenvalue weighted by Gasteiger charge is 2.31. The monoisotopic (exact) mass is 411 g/mol. The minimum absolute atomic E-state index is 0.476. The molecule has 1 aromatic heterocycles. The van der Waals surface area contributed by atoms with Crippen molar-refractivity contribution in [1.82, 2.24) is 12.7 Å². The molecular weight excluding hydrogens is 411 g/mol. The molecule has 5 nitrogen and oxygen atoms in total. The van der Waals surface area contributed by atoms with Gasteiger partial charge in [0.05, 0.1) is 0 Å². The van der Waals surface area contributed by atoms with Crippen LogP contribution in [0.4, 0.5) is 0 Å². The van der Waals surface area contributed by atoms with Crippen molar-refractivity contribution in [3.63, 3.8) is 0 Å². The molecule has 0 saturated heterocycles. The van der Waals surface area contributed by atoms with Crippen molar-refractivity contribution in [2.75, 3.05) is 0 Å². The predicted octanol–water partition coefficient (Wildman–Crippen LogP) is 3.00. The Balaban J connectivity index is 3.36. The highest BCUT2D eigenvalue weighted by Crippen LogP contribution is 2.42. The van der Waals surface area contributed by atoms with E-state index in [9.17, 15) is 9.59 Å². The number of nitrogens with zero attached hydrogens (tertiary/aromatic N) is 3. The second-order valence-corrected chi connectivity index (χ2v) is 10.9. The summed E-state index contributed by atoms with van der Waals surface area (Å²) in [5.74, 6) is 0. The third-order valence-corrected chi connectivity index (χ3v) is 4.19. The average molecular weight is 414 g/mol. The van der Waals surface area contributed by atoms with Gasteiger partial charge in [-0.2, -0.15) is 8.17 Å². The Bertz CT molecular complexity index is 504. The number of halogens is 6. The normalized spacial score (nSPS) is 13.1. The molecule has 1 aromatic rings. The number of aromatic nitrogens is 3. The van der Waals surface area contributed by atoms with Crippen molar-refractivity contribution in [2.45, 2.75) is 6.25 Å². The molecule has 0 spiro atoms. The van der Waals surface area contributed by atoms with Gasteiger partial charge in [-0.05, 0) is 0 Å². The van der Waals surface area contributed by atoms with Crippen LogP contribution in [-0.2, 0) is 7.05 Å².